The number of oxazole rings is 1. The van der Waals surface area contributed by atoms with Gasteiger partial charge in [-0.05, 0) is 44.1 Å². The van der Waals surface area contributed by atoms with Gasteiger partial charge in [-0.1, -0.05) is 22.0 Å². The topological polar surface area (TPSA) is 75.8 Å². The number of hydrogen-bond donors (Lipinski definition) is 0. The molecule has 26 heavy (non-hydrogen) atoms. The Morgan fingerprint density at radius 1 is 1.23 bits per heavy atom. The van der Waals surface area contributed by atoms with E-state index in [2.05, 4.69) is 30.8 Å². The van der Waals surface area contributed by atoms with Crippen LogP contribution in [-0.4, -0.2) is 53.3 Å². The average molecular weight is 416 g/mol. The summed E-state index contributed by atoms with van der Waals surface area (Å²) in [4.78, 5) is 36.1. The Morgan fingerprint density at radius 3 is 2.81 bits per heavy atom. The van der Waals surface area contributed by atoms with Crippen LogP contribution in [0.25, 0.3) is 11.5 Å². The van der Waals surface area contributed by atoms with Crippen LogP contribution in [0.3, 0.4) is 0 Å². The number of carbonyl (C=O) groups excluding carboxylic acids is 2. The lowest BCUT2D eigenvalue weighted by Gasteiger charge is -2.13. The number of ketones is 2. The zero-order valence-corrected chi connectivity index (χ0v) is 15.8. The van der Waals surface area contributed by atoms with Crippen molar-refractivity contribution in [3.05, 3.63) is 40.2 Å². The smallest absolute Gasteiger partial charge is 0.229 e. The van der Waals surface area contributed by atoms with E-state index in [1.807, 2.05) is 24.3 Å². The first-order chi connectivity index (χ1) is 12.6. The van der Waals surface area contributed by atoms with Gasteiger partial charge in [0.15, 0.2) is 5.69 Å². The van der Waals surface area contributed by atoms with E-state index in [-0.39, 0.29) is 41.0 Å². The molecule has 0 radical (unpaired) electrons. The molecule has 1 fully saturated rings. The van der Waals surface area contributed by atoms with Crippen LogP contribution in [0.2, 0.25) is 0 Å². The third-order valence-electron chi connectivity index (χ3n) is 4.67. The van der Waals surface area contributed by atoms with Crippen LogP contribution in [0.1, 0.15) is 40.3 Å². The van der Waals surface area contributed by atoms with Gasteiger partial charge in [-0.15, -0.1) is 0 Å². The van der Waals surface area contributed by atoms with Crippen LogP contribution in [0.5, 0.6) is 0 Å². The van der Waals surface area contributed by atoms with E-state index in [4.69, 9.17) is 4.42 Å². The number of rotatable bonds is 4. The Morgan fingerprint density at radius 2 is 2.04 bits per heavy atom. The molecule has 0 saturated carbocycles. The molecule has 134 valence electrons. The monoisotopic (exact) mass is 415 g/mol. The summed E-state index contributed by atoms with van der Waals surface area (Å²) >= 11 is 3.39. The largest absolute Gasteiger partial charge is 0.432 e. The fourth-order valence-electron chi connectivity index (χ4n) is 3.32. The Kier molecular flexibility index (Phi) is 4.82. The summed E-state index contributed by atoms with van der Waals surface area (Å²) in [5.41, 5.74) is 1.08. The summed E-state index contributed by atoms with van der Waals surface area (Å²) in [5, 5.41) is 0. The van der Waals surface area contributed by atoms with Crippen molar-refractivity contribution in [1.29, 1.82) is 0 Å². The molecule has 1 aliphatic heterocycles. The lowest BCUT2D eigenvalue weighted by Crippen LogP contribution is -2.28. The summed E-state index contributed by atoms with van der Waals surface area (Å²) < 4.78 is 6.47. The quantitative estimate of drug-likeness (QED) is 0.764. The van der Waals surface area contributed by atoms with Gasteiger partial charge in [0.2, 0.25) is 23.2 Å². The first kappa shape index (κ1) is 17.3. The molecule has 7 heteroatoms. The van der Waals surface area contributed by atoms with Gasteiger partial charge < -0.3 is 9.32 Å². The maximum atomic E-state index is 12.7. The molecule has 1 aliphatic carbocycles. The highest BCUT2D eigenvalue weighted by molar-refractivity contribution is 9.10. The third kappa shape index (κ3) is 3.41. The van der Waals surface area contributed by atoms with Gasteiger partial charge in [0.25, 0.3) is 0 Å². The highest BCUT2D eigenvalue weighted by Crippen LogP contribution is 2.28. The van der Waals surface area contributed by atoms with Crippen molar-refractivity contribution in [1.82, 2.24) is 9.88 Å². The van der Waals surface area contributed by atoms with Gasteiger partial charge in [-0.25, -0.2) is 4.98 Å². The number of halogens is 1. The molecule has 0 atom stereocenters. The first-order valence-electron chi connectivity index (χ1n) is 8.72. The number of likely N-dealkylation sites (tertiary alicyclic amines) is 1. The number of carbonyl (C=O) groups is 2. The Bertz CT molecular complexity index is 897. The molecule has 2 aromatic rings. The molecule has 1 aromatic heterocycles. The predicted octanol–water partition coefficient (Wildman–Crippen LogP) is 3.41. The van der Waals surface area contributed by atoms with Crippen molar-refractivity contribution in [3.8, 4) is 11.5 Å². The Balaban J connectivity index is 1.56. The highest BCUT2D eigenvalue weighted by atomic mass is 79.9. The number of Topliss-reactive ketones (excluding diaryl/α,β-unsaturated/α-hetero) is 2. The predicted molar refractivity (Wildman–Crippen MR) is 101 cm³/mol. The minimum atomic E-state index is -0.300. The highest BCUT2D eigenvalue weighted by Gasteiger charge is 2.35. The zero-order chi connectivity index (χ0) is 18.1. The van der Waals surface area contributed by atoms with Crippen LogP contribution in [0.4, 0.5) is 0 Å². The van der Waals surface area contributed by atoms with Gasteiger partial charge >= 0.3 is 0 Å². The molecule has 2 heterocycles. The molecular formula is C19H18BrN3O3. The van der Waals surface area contributed by atoms with E-state index < -0.39 is 0 Å². The lowest BCUT2D eigenvalue weighted by molar-refractivity contribution is 0.0940. The summed E-state index contributed by atoms with van der Waals surface area (Å²) in [6.07, 6.45) is 2.42. The van der Waals surface area contributed by atoms with Crippen LogP contribution in [-0.2, 0) is 0 Å². The maximum absolute atomic E-state index is 12.7. The standard InChI is InChI=1S/C19H18BrN3O3/c20-13-5-3-4-12(10-13)19-22-16-17(25)14(11-15(24)18(16)26-19)21-6-9-23-7-1-2-8-23/h3-5,10H,1-2,6-9,11H2. The second kappa shape index (κ2) is 7.25. The molecule has 1 saturated heterocycles. The van der Waals surface area contributed by atoms with Gasteiger partial charge in [0.1, 0.15) is 0 Å². The minimum Gasteiger partial charge on any atom is -0.432 e. The van der Waals surface area contributed by atoms with Gasteiger partial charge in [-0.3, -0.25) is 14.6 Å². The first-order valence-corrected chi connectivity index (χ1v) is 9.51. The molecule has 6 nitrogen and oxygen atoms in total. The number of aliphatic imine (C=N–C) groups is 1. The number of benzene rings is 1. The van der Waals surface area contributed by atoms with Crippen molar-refractivity contribution in [2.45, 2.75) is 19.3 Å². The van der Waals surface area contributed by atoms with E-state index in [1.54, 1.807) is 0 Å². The summed E-state index contributed by atoms with van der Waals surface area (Å²) in [6.45, 7) is 3.52. The van der Waals surface area contributed by atoms with E-state index in [0.29, 0.717) is 12.1 Å². The molecule has 0 bridgehead atoms. The van der Waals surface area contributed by atoms with Crippen LogP contribution >= 0.6 is 15.9 Å². The average Bonchev–Trinajstić information content (AvgIpc) is 3.29. The second-order valence-corrected chi connectivity index (χ2v) is 7.43. The molecular weight excluding hydrogens is 398 g/mol. The molecule has 0 amide bonds. The molecule has 0 spiro atoms. The number of aromatic nitrogens is 1. The molecule has 0 N–H and O–H groups in total. The second-order valence-electron chi connectivity index (χ2n) is 6.51. The van der Waals surface area contributed by atoms with Crippen LogP contribution < -0.4 is 0 Å². The molecule has 2 aliphatic rings. The summed E-state index contributed by atoms with van der Waals surface area (Å²) in [6, 6.07) is 7.38. The number of nitrogens with zero attached hydrogens (tertiary/aromatic N) is 3. The SMILES string of the molecule is O=C1C(=NCCN2CCCC2)CC(=O)c2oc(-c3cccc(Br)c3)nc21. The lowest BCUT2D eigenvalue weighted by atomic mass is 9.97. The zero-order valence-electron chi connectivity index (χ0n) is 14.2. The van der Waals surface area contributed by atoms with E-state index in [9.17, 15) is 9.59 Å². The summed E-state index contributed by atoms with van der Waals surface area (Å²) in [5.74, 6) is -0.223. The normalized spacial score (nSPS) is 19.3. The van der Waals surface area contributed by atoms with Crippen molar-refractivity contribution in [2.75, 3.05) is 26.2 Å². The minimum absolute atomic E-state index is 0.0149. The van der Waals surface area contributed by atoms with Crippen molar-refractivity contribution in [3.63, 3.8) is 0 Å². The van der Waals surface area contributed by atoms with Gasteiger partial charge in [0, 0.05) is 16.6 Å². The van der Waals surface area contributed by atoms with E-state index >= 15 is 0 Å². The van der Waals surface area contributed by atoms with Gasteiger partial charge in [-0.2, -0.15) is 0 Å². The molecule has 0 unspecified atom stereocenters. The van der Waals surface area contributed by atoms with Crippen molar-refractivity contribution in [2.24, 2.45) is 4.99 Å². The summed E-state index contributed by atoms with van der Waals surface area (Å²) in [7, 11) is 0. The van der Waals surface area contributed by atoms with Crippen LogP contribution in [0.15, 0.2) is 38.1 Å². The maximum Gasteiger partial charge on any atom is 0.229 e. The molecule has 4 rings (SSSR count). The van der Waals surface area contributed by atoms with Crippen molar-refractivity contribution < 1.29 is 14.0 Å². The Labute approximate surface area is 159 Å². The number of hydrogen-bond acceptors (Lipinski definition) is 6. The fraction of sp³-hybridized carbons (Fsp3) is 0.368. The van der Waals surface area contributed by atoms with Crippen LogP contribution in [0, 0.1) is 0 Å². The third-order valence-corrected chi connectivity index (χ3v) is 5.17. The van der Waals surface area contributed by atoms with E-state index in [0.717, 1.165) is 24.1 Å². The Hall–Kier alpha value is -2.12. The van der Waals surface area contributed by atoms with Crippen molar-refractivity contribution >= 4 is 33.2 Å². The molecule has 1 aromatic carbocycles. The van der Waals surface area contributed by atoms with E-state index in [1.165, 1.54) is 12.8 Å². The number of fused-ring (bicyclic) bond motifs is 1. The fourth-order valence-corrected chi connectivity index (χ4v) is 3.72. The van der Waals surface area contributed by atoms with Gasteiger partial charge in [0.05, 0.1) is 18.7 Å².